The van der Waals surface area contributed by atoms with Crippen LogP contribution in [0.5, 0.6) is 0 Å². The molecule has 6 heteroatoms. The number of Topliss-reactive ketones (excluding diaryl/α,β-unsaturated/α-hetero) is 1. The highest BCUT2D eigenvalue weighted by molar-refractivity contribution is 8.00. The Bertz CT molecular complexity index is 594. The van der Waals surface area contributed by atoms with Crippen LogP contribution in [0, 0.1) is 11.8 Å². The fourth-order valence-corrected chi connectivity index (χ4v) is 4.31. The average molecular weight is 425 g/mol. The van der Waals surface area contributed by atoms with Crippen molar-refractivity contribution < 1.29 is 24.9 Å². The fraction of sp³-hybridized carbons (Fsp3) is 0.652. The number of ketones is 1. The van der Waals surface area contributed by atoms with Crippen molar-refractivity contribution in [2.45, 2.75) is 69.6 Å². The van der Waals surface area contributed by atoms with Crippen molar-refractivity contribution in [1.29, 1.82) is 0 Å². The number of carboxylic acid groups (broad SMARTS) is 1. The minimum Gasteiger partial charge on any atom is -0.480 e. The van der Waals surface area contributed by atoms with Crippen LogP contribution in [-0.4, -0.2) is 50.3 Å². The zero-order chi connectivity index (χ0) is 21.7. The van der Waals surface area contributed by atoms with Gasteiger partial charge in [0, 0.05) is 18.1 Å². The topological polar surface area (TPSA) is 94.8 Å². The Morgan fingerprint density at radius 1 is 1.31 bits per heavy atom. The number of carbonyl (C=O) groups excluding carboxylic acids is 1. The van der Waals surface area contributed by atoms with Gasteiger partial charge in [0.1, 0.15) is 11.0 Å². The number of carboxylic acids is 1. The number of carbonyl (C=O) groups is 2. The molecule has 1 aliphatic carbocycles. The number of hydrogen-bond acceptors (Lipinski definition) is 5. The predicted molar refractivity (Wildman–Crippen MR) is 119 cm³/mol. The van der Waals surface area contributed by atoms with Crippen molar-refractivity contribution >= 4 is 23.5 Å². The lowest BCUT2D eigenvalue weighted by atomic mass is 9.90. The highest BCUT2D eigenvalue weighted by Gasteiger charge is 2.31. The molecule has 0 heterocycles. The van der Waals surface area contributed by atoms with Gasteiger partial charge in [-0.05, 0) is 51.4 Å². The maximum Gasteiger partial charge on any atom is 0.316 e. The molecule has 0 aromatic heterocycles. The number of allylic oxidation sites excluding steroid dienone is 4. The second-order valence-electron chi connectivity index (χ2n) is 7.78. The van der Waals surface area contributed by atoms with Gasteiger partial charge >= 0.3 is 5.97 Å². The van der Waals surface area contributed by atoms with Gasteiger partial charge in [-0.3, -0.25) is 9.59 Å². The van der Waals surface area contributed by atoms with E-state index in [9.17, 15) is 19.8 Å². The Balaban J connectivity index is 2.49. The summed E-state index contributed by atoms with van der Waals surface area (Å²) in [5.74, 6) is 0.0241. The van der Waals surface area contributed by atoms with Gasteiger partial charge in [0.15, 0.2) is 0 Å². The van der Waals surface area contributed by atoms with Crippen molar-refractivity contribution in [3.05, 3.63) is 36.5 Å². The molecule has 0 saturated heterocycles. The van der Waals surface area contributed by atoms with Crippen LogP contribution in [-0.2, 0) is 9.59 Å². The predicted octanol–water partition coefficient (Wildman–Crippen LogP) is 4.15. The third-order valence-corrected chi connectivity index (χ3v) is 6.38. The average Bonchev–Trinajstić information content (AvgIpc) is 3.01. The summed E-state index contributed by atoms with van der Waals surface area (Å²) in [6.45, 7) is 3.79. The summed E-state index contributed by atoms with van der Waals surface area (Å²) in [5.41, 5.74) is -0.862. The molecule has 164 valence electrons. The van der Waals surface area contributed by atoms with Gasteiger partial charge in [-0.1, -0.05) is 43.4 Å². The molecule has 1 saturated carbocycles. The first-order chi connectivity index (χ1) is 13.8. The summed E-state index contributed by atoms with van der Waals surface area (Å²) in [6, 6.07) is 0. The summed E-state index contributed by atoms with van der Waals surface area (Å²) in [6.07, 6.45) is 16.5. The van der Waals surface area contributed by atoms with E-state index in [-0.39, 0.29) is 24.2 Å². The molecule has 1 rings (SSSR count). The first-order valence-corrected chi connectivity index (χ1v) is 11.5. The van der Waals surface area contributed by atoms with Crippen molar-refractivity contribution in [2.75, 3.05) is 12.4 Å². The molecule has 0 spiro atoms. The van der Waals surface area contributed by atoms with Crippen LogP contribution in [0.1, 0.15) is 58.8 Å². The van der Waals surface area contributed by atoms with Crippen LogP contribution < -0.4 is 0 Å². The first-order valence-electron chi connectivity index (χ1n) is 10.5. The minimum absolute atomic E-state index is 0.0205. The second-order valence-corrected chi connectivity index (χ2v) is 9.09. The Kier molecular flexibility index (Phi) is 12.2. The van der Waals surface area contributed by atoms with E-state index in [0.717, 1.165) is 12.8 Å². The summed E-state index contributed by atoms with van der Waals surface area (Å²) in [7, 11) is 0. The zero-order valence-electron chi connectivity index (χ0n) is 17.6. The van der Waals surface area contributed by atoms with Crippen LogP contribution in [0.4, 0.5) is 0 Å². The van der Waals surface area contributed by atoms with Gasteiger partial charge in [0.25, 0.3) is 0 Å². The van der Waals surface area contributed by atoms with Crippen molar-refractivity contribution in [2.24, 2.45) is 11.8 Å². The van der Waals surface area contributed by atoms with E-state index < -0.39 is 16.8 Å². The fourth-order valence-electron chi connectivity index (χ4n) is 3.47. The lowest BCUT2D eigenvalue weighted by molar-refractivity contribution is -0.136. The summed E-state index contributed by atoms with van der Waals surface area (Å²) < 4.78 is 0. The van der Waals surface area contributed by atoms with E-state index in [2.05, 4.69) is 6.08 Å². The number of aliphatic hydroxyl groups is 2. The smallest absolute Gasteiger partial charge is 0.316 e. The van der Waals surface area contributed by atoms with Gasteiger partial charge in [-0.15, -0.1) is 11.8 Å². The van der Waals surface area contributed by atoms with Crippen LogP contribution in [0.25, 0.3) is 0 Å². The normalized spacial score (nSPS) is 23.4. The highest BCUT2D eigenvalue weighted by Crippen LogP contribution is 2.33. The molecule has 29 heavy (non-hydrogen) atoms. The SMILES string of the molecule is CCC=CC(C)(O)CC=C[C@H]1CCC(=O)[C@@H]1CC=CCCC(SCCO)C(=O)O. The Hall–Kier alpha value is -1.37. The molecule has 5 nitrogen and oxygen atoms in total. The van der Waals surface area contributed by atoms with Crippen molar-refractivity contribution in [1.82, 2.24) is 0 Å². The van der Waals surface area contributed by atoms with Crippen LogP contribution in [0.2, 0.25) is 0 Å². The van der Waals surface area contributed by atoms with E-state index in [0.29, 0.717) is 37.9 Å². The van der Waals surface area contributed by atoms with E-state index >= 15 is 0 Å². The molecule has 0 amide bonds. The van der Waals surface area contributed by atoms with Crippen LogP contribution in [0.3, 0.4) is 0 Å². The van der Waals surface area contributed by atoms with E-state index in [1.165, 1.54) is 11.8 Å². The zero-order valence-corrected chi connectivity index (χ0v) is 18.4. The molecule has 1 fully saturated rings. The van der Waals surface area contributed by atoms with Gasteiger partial charge < -0.3 is 15.3 Å². The molecule has 4 atom stereocenters. The molecular formula is C23H36O5S. The minimum atomic E-state index is -0.862. The monoisotopic (exact) mass is 424 g/mol. The third kappa shape index (κ3) is 10.3. The Labute approximate surface area is 179 Å². The lowest BCUT2D eigenvalue weighted by Crippen LogP contribution is -2.19. The van der Waals surface area contributed by atoms with Gasteiger partial charge in [-0.25, -0.2) is 0 Å². The molecule has 0 aromatic rings. The number of aliphatic carboxylic acids is 1. The highest BCUT2D eigenvalue weighted by atomic mass is 32.2. The largest absolute Gasteiger partial charge is 0.480 e. The van der Waals surface area contributed by atoms with Gasteiger partial charge in [0.05, 0.1) is 12.2 Å². The maximum atomic E-state index is 12.2. The number of aliphatic hydroxyl groups excluding tert-OH is 1. The number of thioether (sulfide) groups is 1. The van der Waals surface area contributed by atoms with Crippen molar-refractivity contribution in [3.63, 3.8) is 0 Å². The standard InChI is InChI=1S/C23H36O5S/c1-3-4-14-23(2,28)15-8-9-18-12-13-20(25)19(18)10-6-5-7-11-21(22(26)27)29-17-16-24/h4-6,8-9,14,18-19,21,24,28H,3,7,10-13,15-17H2,1-2H3,(H,26,27)/t18-,19+,21?,23?/m0/s1. The summed E-state index contributed by atoms with van der Waals surface area (Å²) in [4.78, 5) is 23.4. The van der Waals surface area contributed by atoms with Gasteiger partial charge in [0.2, 0.25) is 0 Å². The molecule has 0 radical (unpaired) electrons. The van der Waals surface area contributed by atoms with Crippen LogP contribution >= 0.6 is 11.8 Å². The Morgan fingerprint density at radius 3 is 2.72 bits per heavy atom. The molecule has 1 aliphatic rings. The van der Waals surface area contributed by atoms with Crippen molar-refractivity contribution in [3.8, 4) is 0 Å². The third-order valence-electron chi connectivity index (χ3n) is 5.12. The molecule has 2 unspecified atom stereocenters. The number of hydrogen-bond donors (Lipinski definition) is 3. The van der Waals surface area contributed by atoms with E-state index in [1.54, 1.807) is 6.92 Å². The molecule has 0 aromatic carbocycles. The molecule has 0 aliphatic heterocycles. The van der Waals surface area contributed by atoms with Crippen LogP contribution in [0.15, 0.2) is 36.5 Å². The quantitative estimate of drug-likeness (QED) is 0.363. The first kappa shape index (κ1) is 25.7. The maximum absolute atomic E-state index is 12.2. The molecule has 3 N–H and O–H groups in total. The Morgan fingerprint density at radius 2 is 2.07 bits per heavy atom. The molecular weight excluding hydrogens is 388 g/mol. The number of rotatable bonds is 14. The molecule has 0 bridgehead atoms. The second kappa shape index (κ2) is 13.8. The summed E-state index contributed by atoms with van der Waals surface area (Å²) >= 11 is 1.26. The summed E-state index contributed by atoms with van der Waals surface area (Å²) in [5, 5.41) is 27.8. The van der Waals surface area contributed by atoms with E-state index in [1.807, 2.05) is 37.3 Å². The van der Waals surface area contributed by atoms with Gasteiger partial charge in [-0.2, -0.15) is 0 Å². The lowest BCUT2D eigenvalue weighted by Gasteiger charge is -2.17. The van der Waals surface area contributed by atoms with E-state index in [4.69, 9.17) is 5.11 Å².